The molecule has 0 spiro atoms. The number of anilines is 1. The maximum Gasteiger partial charge on any atom is 0.244 e. The molecule has 6 heteroatoms. The van der Waals surface area contributed by atoms with Crippen LogP contribution in [0.3, 0.4) is 0 Å². The highest BCUT2D eigenvalue weighted by atomic mass is 32.2. The van der Waals surface area contributed by atoms with E-state index in [9.17, 15) is 8.42 Å². The minimum atomic E-state index is -3.51. The van der Waals surface area contributed by atoms with Crippen LogP contribution in [-0.2, 0) is 10.0 Å². The van der Waals surface area contributed by atoms with Crippen molar-refractivity contribution in [3.63, 3.8) is 0 Å². The fourth-order valence-electron chi connectivity index (χ4n) is 2.19. The van der Waals surface area contributed by atoms with Gasteiger partial charge < -0.3 is 5.32 Å². The Morgan fingerprint density at radius 1 is 1.42 bits per heavy atom. The summed E-state index contributed by atoms with van der Waals surface area (Å²) in [6.07, 6.45) is 6.80. The molecule has 2 N–H and O–H groups in total. The molecule has 0 atom stereocenters. The molecule has 1 aromatic rings. The Kier molecular flexibility index (Phi) is 4.10. The first-order valence-corrected chi connectivity index (χ1v) is 8.17. The zero-order valence-electron chi connectivity index (χ0n) is 11.4. The van der Waals surface area contributed by atoms with Gasteiger partial charge >= 0.3 is 0 Å². The van der Waals surface area contributed by atoms with Crippen LogP contribution >= 0.6 is 0 Å². The minimum Gasteiger partial charge on any atom is -0.384 e. The van der Waals surface area contributed by atoms with Gasteiger partial charge in [-0.2, -0.15) is 0 Å². The zero-order valence-corrected chi connectivity index (χ0v) is 12.3. The van der Waals surface area contributed by atoms with E-state index >= 15 is 0 Å². The van der Waals surface area contributed by atoms with Crippen LogP contribution in [0.5, 0.6) is 0 Å². The van der Waals surface area contributed by atoms with Crippen molar-refractivity contribution in [3.8, 4) is 0 Å². The Hall–Kier alpha value is -1.14. The van der Waals surface area contributed by atoms with Gasteiger partial charge in [-0.05, 0) is 38.7 Å². The molecule has 0 bridgehead atoms. The van der Waals surface area contributed by atoms with E-state index in [-0.39, 0.29) is 10.4 Å². The van der Waals surface area contributed by atoms with Gasteiger partial charge in [-0.3, -0.25) is 4.98 Å². The van der Waals surface area contributed by atoms with E-state index in [4.69, 9.17) is 0 Å². The molecule has 1 aliphatic carbocycles. The summed E-state index contributed by atoms with van der Waals surface area (Å²) in [7, 11) is -3.51. The third-order valence-electron chi connectivity index (χ3n) is 3.48. The number of hydrogen-bond acceptors (Lipinski definition) is 4. The van der Waals surface area contributed by atoms with Gasteiger partial charge in [-0.25, -0.2) is 13.1 Å². The average molecular weight is 283 g/mol. The first kappa shape index (κ1) is 14.3. The first-order chi connectivity index (χ1) is 8.97. The Morgan fingerprint density at radius 2 is 2.16 bits per heavy atom. The van der Waals surface area contributed by atoms with Crippen molar-refractivity contribution < 1.29 is 8.42 Å². The lowest BCUT2D eigenvalue weighted by molar-refractivity contribution is 0.248. The van der Waals surface area contributed by atoms with Gasteiger partial charge in [-0.1, -0.05) is 6.92 Å². The molecule has 0 unspecified atom stereocenters. The molecular formula is C13H21N3O2S. The van der Waals surface area contributed by atoms with Crippen LogP contribution in [0, 0.1) is 0 Å². The molecule has 19 heavy (non-hydrogen) atoms. The summed E-state index contributed by atoms with van der Waals surface area (Å²) >= 11 is 0. The number of rotatable bonds is 6. The minimum absolute atomic E-state index is 0.233. The predicted molar refractivity (Wildman–Crippen MR) is 75.6 cm³/mol. The van der Waals surface area contributed by atoms with Gasteiger partial charge in [0.25, 0.3) is 0 Å². The van der Waals surface area contributed by atoms with Crippen molar-refractivity contribution >= 4 is 15.7 Å². The molecule has 1 heterocycles. The van der Waals surface area contributed by atoms with Crippen molar-refractivity contribution in [3.05, 3.63) is 18.5 Å². The number of aromatic nitrogens is 1. The van der Waals surface area contributed by atoms with Crippen LogP contribution in [0.4, 0.5) is 5.69 Å². The van der Waals surface area contributed by atoms with Crippen LogP contribution in [0.2, 0.25) is 0 Å². The maximum absolute atomic E-state index is 12.4. The third-order valence-corrected chi connectivity index (χ3v) is 5.14. The normalized spacial score (nSPS) is 17.8. The number of nitrogens with zero attached hydrogens (tertiary/aromatic N) is 1. The van der Waals surface area contributed by atoms with Crippen LogP contribution < -0.4 is 10.0 Å². The number of hydrogen-bond donors (Lipinski definition) is 2. The standard InChI is InChI=1S/C13H21N3O2S/c1-3-8-15-11-5-9-14-10-12(11)19(17,18)16-13(2)6-4-7-13/h5,9-10,16H,3-4,6-8H2,1-2H3,(H,14,15). The smallest absolute Gasteiger partial charge is 0.244 e. The van der Waals surface area contributed by atoms with Gasteiger partial charge in [-0.15, -0.1) is 0 Å². The van der Waals surface area contributed by atoms with Crippen LogP contribution in [0.15, 0.2) is 23.4 Å². The number of sulfonamides is 1. The molecule has 2 rings (SSSR count). The Bertz CT molecular complexity index is 539. The topological polar surface area (TPSA) is 71.1 Å². The molecular weight excluding hydrogens is 262 g/mol. The predicted octanol–water partition coefficient (Wildman–Crippen LogP) is 2.12. The van der Waals surface area contributed by atoms with E-state index < -0.39 is 10.0 Å². The summed E-state index contributed by atoms with van der Waals surface area (Å²) in [5.74, 6) is 0. The van der Waals surface area contributed by atoms with Crippen molar-refractivity contribution in [2.45, 2.75) is 50.0 Å². The van der Waals surface area contributed by atoms with Crippen molar-refractivity contribution in [2.24, 2.45) is 0 Å². The second-order valence-electron chi connectivity index (χ2n) is 5.32. The molecule has 0 radical (unpaired) electrons. The summed E-state index contributed by atoms with van der Waals surface area (Å²) in [5.41, 5.74) is 0.323. The second-order valence-corrected chi connectivity index (χ2v) is 6.97. The monoisotopic (exact) mass is 283 g/mol. The quantitative estimate of drug-likeness (QED) is 0.839. The summed E-state index contributed by atoms with van der Waals surface area (Å²) in [6, 6.07) is 1.70. The molecule has 1 fully saturated rings. The molecule has 0 aliphatic heterocycles. The highest BCUT2D eigenvalue weighted by molar-refractivity contribution is 7.89. The van der Waals surface area contributed by atoms with E-state index in [1.165, 1.54) is 6.20 Å². The van der Waals surface area contributed by atoms with E-state index in [1.807, 2.05) is 13.8 Å². The van der Waals surface area contributed by atoms with Gasteiger partial charge in [0, 0.05) is 24.5 Å². The highest BCUT2D eigenvalue weighted by Crippen LogP contribution is 2.33. The van der Waals surface area contributed by atoms with E-state index in [0.29, 0.717) is 5.69 Å². The van der Waals surface area contributed by atoms with Crippen LogP contribution in [0.25, 0.3) is 0 Å². The van der Waals surface area contributed by atoms with Gasteiger partial charge in [0.15, 0.2) is 0 Å². The lowest BCUT2D eigenvalue weighted by atomic mass is 9.80. The first-order valence-electron chi connectivity index (χ1n) is 6.69. The maximum atomic E-state index is 12.4. The molecule has 0 amide bonds. The fraction of sp³-hybridized carbons (Fsp3) is 0.615. The molecule has 1 aliphatic rings. The molecule has 0 saturated heterocycles. The third kappa shape index (κ3) is 3.25. The van der Waals surface area contributed by atoms with E-state index in [2.05, 4.69) is 15.0 Å². The molecule has 0 aromatic carbocycles. The van der Waals surface area contributed by atoms with Crippen molar-refractivity contribution in [1.29, 1.82) is 0 Å². The fourth-order valence-corrected chi connectivity index (χ4v) is 3.78. The van der Waals surface area contributed by atoms with Gasteiger partial charge in [0.1, 0.15) is 4.90 Å². The number of pyridine rings is 1. The van der Waals surface area contributed by atoms with Crippen LogP contribution in [-0.4, -0.2) is 25.5 Å². The summed E-state index contributed by atoms with van der Waals surface area (Å²) < 4.78 is 27.7. The molecule has 106 valence electrons. The zero-order chi connectivity index (χ0) is 13.9. The molecule has 5 nitrogen and oxygen atoms in total. The lowest BCUT2D eigenvalue weighted by Crippen LogP contribution is -2.50. The van der Waals surface area contributed by atoms with E-state index in [1.54, 1.807) is 12.3 Å². The Balaban J connectivity index is 2.24. The summed E-state index contributed by atoms with van der Waals surface area (Å²) in [4.78, 5) is 4.17. The Labute approximate surface area is 114 Å². The largest absolute Gasteiger partial charge is 0.384 e. The summed E-state index contributed by atoms with van der Waals surface area (Å²) in [6.45, 7) is 4.73. The Morgan fingerprint density at radius 3 is 2.74 bits per heavy atom. The van der Waals surface area contributed by atoms with Crippen LogP contribution in [0.1, 0.15) is 39.5 Å². The van der Waals surface area contributed by atoms with Gasteiger partial charge in [0.2, 0.25) is 10.0 Å². The SMILES string of the molecule is CCCNc1ccncc1S(=O)(=O)NC1(C)CCC1. The molecule has 1 saturated carbocycles. The van der Waals surface area contributed by atoms with Gasteiger partial charge in [0.05, 0.1) is 5.69 Å². The second kappa shape index (κ2) is 5.46. The van der Waals surface area contributed by atoms with Crippen molar-refractivity contribution in [2.75, 3.05) is 11.9 Å². The number of nitrogens with one attached hydrogen (secondary N) is 2. The molecule has 1 aromatic heterocycles. The lowest BCUT2D eigenvalue weighted by Gasteiger charge is -2.38. The van der Waals surface area contributed by atoms with E-state index in [0.717, 1.165) is 32.2 Å². The summed E-state index contributed by atoms with van der Waals surface area (Å²) in [5, 5.41) is 3.13. The van der Waals surface area contributed by atoms with Crippen molar-refractivity contribution in [1.82, 2.24) is 9.71 Å². The highest BCUT2D eigenvalue weighted by Gasteiger charge is 2.36. The average Bonchev–Trinajstić information content (AvgIpc) is 2.34.